The first-order chi connectivity index (χ1) is 13.5. The maximum absolute atomic E-state index is 12.2. The minimum atomic E-state index is 0.0854. The molecule has 1 fully saturated rings. The number of carbonyl (C=O) groups is 2. The highest BCUT2D eigenvalue weighted by molar-refractivity contribution is 6.30. The molecule has 0 unspecified atom stereocenters. The standard InChI is InChI=1S/C22H26ClN3O2/c1-17(27)19-5-7-21(8-6-19)26-13-11-25(12-14-26)16-22(28)24-10-9-18-3-2-4-20(23)15-18/h2-8,15H,9-14,16H2,1H3,(H,24,28)/p+1. The highest BCUT2D eigenvalue weighted by atomic mass is 35.5. The molecule has 2 aromatic rings. The molecular formula is C22H27ClN3O2+. The van der Waals surface area contributed by atoms with Crippen LogP contribution in [0.2, 0.25) is 5.02 Å². The van der Waals surface area contributed by atoms with Crippen molar-refractivity contribution in [3.63, 3.8) is 0 Å². The van der Waals surface area contributed by atoms with Crippen molar-refractivity contribution in [1.29, 1.82) is 0 Å². The third-order valence-electron chi connectivity index (χ3n) is 5.14. The van der Waals surface area contributed by atoms with Gasteiger partial charge in [0, 0.05) is 22.8 Å². The van der Waals surface area contributed by atoms with Gasteiger partial charge in [0.15, 0.2) is 12.3 Å². The van der Waals surface area contributed by atoms with E-state index in [4.69, 9.17) is 11.6 Å². The van der Waals surface area contributed by atoms with Gasteiger partial charge in [-0.2, -0.15) is 0 Å². The third-order valence-corrected chi connectivity index (χ3v) is 5.38. The number of carbonyl (C=O) groups excluding carboxylic acids is 2. The van der Waals surface area contributed by atoms with E-state index < -0.39 is 0 Å². The summed E-state index contributed by atoms with van der Waals surface area (Å²) in [5.41, 5.74) is 3.00. The van der Waals surface area contributed by atoms with Gasteiger partial charge in [0.05, 0.1) is 26.2 Å². The van der Waals surface area contributed by atoms with E-state index in [0.29, 0.717) is 13.1 Å². The van der Waals surface area contributed by atoms with Gasteiger partial charge in [-0.1, -0.05) is 23.7 Å². The van der Waals surface area contributed by atoms with Gasteiger partial charge < -0.3 is 15.1 Å². The normalized spacial score (nSPS) is 14.7. The highest BCUT2D eigenvalue weighted by Crippen LogP contribution is 2.15. The number of benzene rings is 2. The highest BCUT2D eigenvalue weighted by Gasteiger charge is 2.22. The topological polar surface area (TPSA) is 53.9 Å². The number of piperazine rings is 1. The second-order valence-corrected chi connectivity index (χ2v) is 7.68. The van der Waals surface area contributed by atoms with Gasteiger partial charge in [-0.25, -0.2) is 0 Å². The summed E-state index contributed by atoms with van der Waals surface area (Å²) in [6.45, 7) is 6.38. The number of halogens is 1. The number of nitrogens with zero attached hydrogens (tertiary/aromatic N) is 1. The van der Waals surface area contributed by atoms with Crippen molar-refractivity contribution in [3.05, 3.63) is 64.7 Å². The maximum Gasteiger partial charge on any atom is 0.275 e. The van der Waals surface area contributed by atoms with Crippen molar-refractivity contribution < 1.29 is 14.5 Å². The molecule has 0 aliphatic carbocycles. The second kappa shape index (κ2) is 9.71. The van der Waals surface area contributed by atoms with Crippen LogP contribution in [0.1, 0.15) is 22.8 Å². The lowest BCUT2D eigenvalue weighted by atomic mass is 10.1. The number of anilines is 1. The van der Waals surface area contributed by atoms with Gasteiger partial charge in [0.2, 0.25) is 0 Å². The number of hydrogen-bond acceptors (Lipinski definition) is 3. The van der Waals surface area contributed by atoms with Crippen molar-refractivity contribution in [2.45, 2.75) is 13.3 Å². The lowest BCUT2D eigenvalue weighted by Crippen LogP contribution is -3.16. The van der Waals surface area contributed by atoms with E-state index in [0.717, 1.165) is 54.4 Å². The van der Waals surface area contributed by atoms with Gasteiger partial charge in [0.1, 0.15) is 0 Å². The van der Waals surface area contributed by atoms with Crippen LogP contribution in [0.15, 0.2) is 48.5 Å². The molecule has 0 atom stereocenters. The zero-order chi connectivity index (χ0) is 19.9. The van der Waals surface area contributed by atoms with Crippen molar-refractivity contribution in [2.75, 3.05) is 44.2 Å². The number of amides is 1. The Kier molecular flexibility index (Phi) is 7.06. The van der Waals surface area contributed by atoms with Crippen molar-refractivity contribution in [3.8, 4) is 0 Å². The molecule has 28 heavy (non-hydrogen) atoms. The zero-order valence-corrected chi connectivity index (χ0v) is 17.0. The van der Waals surface area contributed by atoms with Gasteiger partial charge in [0.25, 0.3) is 5.91 Å². The molecule has 5 nitrogen and oxygen atoms in total. The smallest absolute Gasteiger partial charge is 0.275 e. The number of nitrogens with one attached hydrogen (secondary N) is 2. The Morgan fingerprint density at radius 3 is 2.46 bits per heavy atom. The van der Waals surface area contributed by atoms with Crippen LogP contribution in [0.5, 0.6) is 0 Å². The number of Topliss-reactive ketones (excluding diaryl/α,β-unsaturated/α-hetero) is 1. The molecule has 0 spiro atoms. The molecule has 1 saturated heterocycles. The largest absolute Gasteiger partial charge is 0.360 e. The minimum Gasteiger partial charge on any atom is -0.360 e. The maximum atomic E-state index is 12.2. The Bertz CT molecular complexity index is 815. The average molecular weight is 401 g/mol. The van der Waals surface area contributed by atoms with E-state index in [9.17, 15) is 9.59 Å². The summed E-state index contributed by atoms with van der Waals surface area (Å²) >= 11 is 5.98. The van der Waals surface area contributed by atoms with Crippen LogP contribution < -0.4 is 15.1 Å². The van der Waals surface area contributed by atoms with Crippen LogP contribution >= 0.6 is 11.6 Å². The molecule has 2 aromatic carbocycles. The van der Waals surface area contributed by atoms with Crippen LogP contribution in [0.4, 0.5) is 5.69 Å². The number of rotatable bonds is 7. The third kappa shape index (κ3) is 5.81. The Hall–Kier alpha value is -2.37. The molecular weight excluding hydrogens is 374 g/mol. The summed E-state index contributed by atoms with van der Waals surface area (Å²) < 4.78 is 0. The van der Waals surface area contributed by atoms with E-state index in [2.05, 4.69) is 10.2 Å². The van der Waals surface area contributed by atoms with E-state index in [-0.39, 0.29) is 11.7 Å². The van der Waals surface area contributed by atoms with E-state index in [1.807, 2.05) is 48.5 Å². The number of ketones is 1. The summed E-state index contributed by atoms with van der Waals surface area (Å²) in [5, 5.41) is 3.73. The SMILES string of the molecule is CC(=O)c1ccc(N2CC[NH+](CC(=O)NCCc3cccc(Cl)c3)CC2)cc1. The van der Waals surface area contributed by atoms with Crippen LogP contribution in [-0.4, -0.2) is 51.0 Å². The molecule has 148 valence electrons. The van der Waals surface area contributed by atoms with Crippen molar-refractivity contribution in [2.24, 2.45) is 0 Å². The first-order valence-electron chi connectivity index (χ1n) is 9.72. The zero-order valence-electron chi connectivity index (χ0n) is 16.2. The quantitative estimate of drug-likeness (QED) is 0.694. The summed E-state index contributed by atoms with van der Waals surface area (Å²) in [7, 11) is 0. The van der Waals surface area contributed by atoms with Gasteiger partial charge >= 0.3 is 0 Å². The summed E-state index contributed by atoms with van der Waals surface area (Å²) in [6, 6.07) is 15.5. The fraction of sp³-hybridized carbons (Fsp3) is 0.364. The minimum absolute atomic E-state index is 0.0854. The van der Waals surface area contributed by atoms with Crippen molar-refractivity contribution in [1.82, 2.24) is 5.32 Å². The summed E-state index contributed by atoms with van der Waals surface area (Å²) in [6.07, 6.45) is 0.783. The molecule has 1 amide bonds. The van der Waals surface area contributed by atoms with Crippen LogP contribution in [0.3, 0.4) is 0 Å². The molecule has 0 saturated carbocycles. The lowest BCUT2D eigenvalue weighted by molar-refractivity contribution is -0.892. The monoisotopic (exact) mass is 400 g/mol. The molecule has 0 radical (unpaired) electrons. The Morgan fingerprint density at radius 2 is 1.82 bits per heavy atom. The fourth-order valence-electron chi connectivity index (χ4n) is 3.49. The van der Waals surface area contributed by atoms with Crippen LogP contribution in [-0.2, 0) is 11.2 Å². The first-order valence-corrected chi connectivity index (χ1v) is 10.1. The Balaban J connectivity index is 1.38. The van der Waals surface area contributed by atoms with Gasteiger partial charge in [-0.15, -0.1) is 0 Å². The molecule has 0 aromatic heterocycles. The Labute approximate surface area is 171 Å². The summed E-state index contributed by atoms with van der Waals surface area (Å²) in [5.74, 6) is 0.179. The Morgan fingerprint density at radius 1 is 1.11 bits per heavy atom. The average Bonchev–Trinajstić information content (AvgIpc) is 2.69. The molecule has 1 aliphatic rings. The second-order valence-electron chi connectivity index (χ2n) is 7.25. The fourth-order valence-corrected chi connectivity index (χ4v) is 3.71. The molecule has 2 N–H and O–H groups in total. The van der Waals surface area contributed by atoms with E-state index in [1.165, 1.54) is 4.90 Å². The predicted molar refractivity (Wildman–Crippen MR) is 112 cm³/mol. The van der Waals surface area contributed by atoms with E-state index >= 15 is 0 Å². The summed E-state index contributed by atoms with van der Waals surface area (Å²) in [4.78, 5) is 27.2. The van der Waals surface area contributed by atoms with E-state index in [1.54, 1.807) is 6.92 Å². The van der Waals surface area contributed by atoms with Gasteiger partial charge in [-0.05, 0) is 55.3 Å². The van der Waals surface area contributed by atoms with Gasteiger partial charge in [-0.3, -0.25) is 9.59 Å². The first kappa shape index (κ1) is 20.4. The number of quaternary nitrogens is 1. The predicted octanol–water partition coefficient (Wildman–Crippen LogP) is 1.61. The van der Waals surface area contributed by atoms with Crippen molar-refractivity contribution >= 4 is 29.0 Å². The molecule has 0 bridgehead atoms. The lowest BCUT2D eigenvalue weighted by Gasteiger charge is -2.33. The molecule has 1 heterocycles. The molecule has 6 heteroatoms. The molecule has 3 rings (SSSR count). The van der Waals surface area contributed by atoms with Crippen LogP contribution in [0.25, 0.3) is 0 Å². The molecule has 1 aliphatic heterocycles. The van der Waals surface area contributed by atoms with Crippen LogP contribution in [0, 0.1) is 0 Å². The number of hydrogen-bond donors (Lipinski definition) is 2.